The van der Waals surface area contributed by atoms with E-state index in [1.807, 2.05) is 12.1 Å². The average molecular weight is 223 g/mol. The molecule has 0 spiro atoms. The molecule has 0 amide bonds. The molecule has 0 aliphatic carbocycles. The molecule has 1 nitrogen and oxygen atoms in total. The van der Waals surface area contributed by atoms with E-state index >= 15 is 0 Å². The first-order chi connectivity index (χ1) is 8.28. The molecule has 2 aromatic carbocycles. The summed E-state index contributed by atoms with van der Waals surface area (Å²) in [5.41, 5.74) is 10.5. The van der Waals surface area contributed by atoms with Gasteiger partial charge in [0.2, 0.25) is 0 Å². The van der Waals surface area contributed by atoms with Crippen molar-refractivity contribution in [2.75, 3.05) is 0 Å². The third-order valence-electron chi connectivity index (χ3n) is 2.73. The second kappa shape index (κ2) is 5.46. The monoisotopic (exact) mass is 223 g/mol. The highest BCUT2D eigenvalue weighted by Crippen LogP contribution is 2.11. The fraction of sp³-hybridized carbons (Fsp3) is 0.125. The van der Waals surface area contributed by atoms with Crippen molar-refractivity contribution >= 4 is 12.2 Å². The van der Waals surface area contributed by atoms with Crippen LogP contribution in [0.2, 0.25) is 0 Å². The molecule has 0 atom stereocenters. The number of benzene rings is 2. The van der Waals surface area contributed by atoms with Gasteiger partial charge in [-0.25, -0.2) is 0 Å². The zero-order valence-corrected chi connectivity index (χ0v) is 10.1. The minimum absolute atomic E-state index is 0.589. The van der Waals surface area contributed by atoms with E-state index in [9.17, 15) is 0 Å². The Morgan fingerprint density at radius 3 is 2.35 bits per heavy atom. The van der Waals surface area contributed by atoms with Crippen LogP contribution in [0.5, 0.6) is 0 Å². The molecule has 0 heterocycles. The molecule has 0 fully saturated rings. The van der Waals surface area contributed by atoms with Crippen molar-refractivity contribution in [1.82, 2.24) is 0 Å². The van der Waals surface area contributed by atoms with Gasteiger partial charge in [-0.1, -0.05) is 66.2 Å². The van der Waals surface area contributed by atoms with Crippen molar-refractivity contribution in [3.05, 3.63) is 70.8 Å². The SMILES string of the molecule is Cc1ccc(/C=C/c2cccc(CN)c2)cc1. The highest BCUT2D eigenvalue weighted by atomic mass is 14.5. The van der Waals surface area contributed by atoms with Crippen LogP contribution in [0.25, 0.3) is 12.2 Å². The van der Waals surface area contributed by atoms with Gasteiger partial charge in [-0.3, -0.25) is 0 Å². The Hall–Kier alpha value is -1.86. The van der Waals surface area contributed by atoms with Crippen molar-refractivity contribution in [2.45, 2.75) is 13.5 Å². The van der Waals surface area contributed by atoms with E-state index in [0.29, 0.717) is 6.54 Å². The maximum absolute atomic E-state index is 5.62. The summed E-state index contributed by atoms with van der Waals surface area (Å²) in [6.45, 7) is 2.68. The van der Waals surface area contributed by atoms with Crippen molar-refractivity contribution in [1.29, 1.82) is 0 Å². The standard InChI is InChI=1S/C16H17N/c1-13-5-7-14(8-6-13)9-10-15-3-2-4-16(11-15)12-17/h2-11H,12,17H2,1H3/b10-9+. The smallest absolute Gasteiger partial charge is 0.0178 e. The molecule has 0 aromatic heterocycles. The Labute approximate surface area is 103 Å². The molecule has 0 unspecified atom stereocenters. The van der Waals surface area contributed by atoms with Gasteiger partial charge < -0.3 is 5.73 Å². The predicted molar refractivity (Wildman–Crippen MR) is 74.4 cm³/mol. The van der Waals surface area contributed by atoms with Crippen LogP contribution in [0.1, 0.15) is 22.3 Å². The van der Waals surface area contributed by atoms with Crippen LogP contribution in [0.15, 0.2) is 48.5 Å². The second-order valence-electron chi connectivity index (χ2n) is 4.19. The zero-order valence-electron chi connectivity index (χ0n) is 10.1. The second-order valence-corrected chi connectivity index (χ2v) is 4.19. The maximum Gasteiger partial charge on any atom is 0.0178 e. The first-order valence-electron chi connectivity index (χ1n) is 5.82. The van der Waals surface area contributed by atoms with Crippen LogP contribution < -0.4 is 5.73 Å². The van der Waals surface area contributed by atoms with Gasteiger partial charge in [0.15, 0.2) is 0 Å². The van der Waals surface area contributed by atoms with Crippen LogP contribution >= 0.6 is 0 Å². The molecular weight excluding hydrogens is 206 g/mol. The molecule has 0 aliphatic rings. The molecule has 2 N–H and O–H groups in total. The molecular formula is C16H17N. The number of rotatable bonds is 3. The molecule has 2 aromatic rings. The van der Waals surface area contributed by atoms with Crippen molar-refractivity contribution in [3.8, 4) is 0 Å². The summed E-state index contributed by atoms with van der Waals surface area (Å²) >= 11 is 0. The van der Waals surface area contributed by atoms with Gasteiger partial charge in [0.25, 0.3) is 0 Å². The Balaban J connectivity index is 2.16. The van der Waals surface area contributed by atoms with E-state index in [2.05, 4.69) is 55.5 Å². The zero-order chi connectivity index (χ0) is 12.1. The molecule has 0 saturated carbocycles. The van der Waals surface area contributed by atoms with Crippen LogP contribution in [-0.2, 0) is 6.54 Å². The average Bonchev–Trinajstić information content (AvgIpc) is 2.38. The minimum atomic E-state index is 0.589. The van der Waals surface area contributed by atoms with E-state index in [-0.39, 0.29) is 0 Å². The third kappa shape index (κ3) is 3.30. The van der Waals surface area contributed by atoms with Crippen LogP contribution in [0, 0.1) is 6.92 Å². The molecule has 0 aliphatic heterocycles. The summed E-state index contributed by atoms with van der Waals surface area (Å²) in [6, 6.07) is 16.8. The fourth-order valence-corrected chi connectivity index (χ4v) is 1.69. The number of aryl methyl sites for hydroxylation is 1. The lowest BCUT2D eigenvalue weighted by atomic mass is 10.1. The van der Waals surface area contributed by atoms with Gasteiger partial charge >= 0.3 is 0 Å². The molecule has 17 heavy (non-hydrogen) atoms. The topological polar surface area (TPSA) is 26.0 Å². The van der Waals surface area contributed by atoms with Crippen LogP contribution in [-0.4, -0.2) is 0 Å². The Morgan fingerprint density at radius 2 is 1.65 bits per heavy atom. The molecule has 86 valence electrons. The van der Waals surface area contributed by atoms with E-state index < -0.39 is 0 Å². The van der Waals surface area contributed by atoms with E-state index in [0.717, 1.165) is 5.56 Å². The van der Waals surface area contributed by atoms with Crippen LogP contribution in [0.4, 0.5) is 0 Å². The third-order valence-corrected chi connectivity index (χ3v) is 2.73. The molecule has 1 heteroatoms. The van der Waals surface area contributed by atoms with Crippen molar-refractivity contribution < 1.29 is 0 Å². The first-order valence-corrected chi connectivity index (χ1v) is 5.82. The quantitative estimate of drug-likeness (QED) is 0.790. The number of hydrogen-bond acceptors (Lipinski definition) is 1. The van der Waals surface area contributed by atoms with Gasteiger partial charge in [0.1, 0.15) is 0 Å². The highest BCUT2D eigenvalue weighted by Gasteiger charge is 1.91. The molecule has 0 saturated heterocycles. The van der Waals surface area contributed by atoms with Crippen molar-refractivity contribution in [3.63, 3.8) is 0 Å². The minimum Gasteiger partial charge on any atom is -0.326 e. The first kappa shape index (κ1) is 11.6. The summed E-state index contributed by atoms with van der Waals surface area (Å²) < 4.78 is 0. The summed E-state index contributed by atoms with van der Waals surface area (Å²) in [7, 11) is 0. The lowest BCUT2D eigenvalue weighted by Gasteiger charge is -1.99. The molecule has 0 radical (unpaired) electrons. The maximum atomic E-state index is 5.62. The summed E-state index contributed by atoms with van der Waals surface area (Å²) in [6.07, 6.45) is 4.24. The Kier molecular flexibility index (Phi) is 3.73. The van der Waals surface area contributed by atoms with E-state index in [4.69, 9.17) is 5.73 Å². The lowest BCUT2D eigenvalue weighted by Crippen LogP contribution is -1.95. The number of nitrogens with two attached hydrogens (primary N) is 1. The summed E-state index contributed by atoms with van der Waals surface area (Å²) in [5.74, 6) is 0. The lowest BCUT2D eigenvalue weighted by molar-refractivity contribution is 1.07. The predicted octanol–water partition coefficient (Wildman–Crippen LogP) is 3.62. The van der Waals surface area contributed by atoms with E-state index in [1.54, 1.807) is 0 Å². The Morgan fingerprint density at radius 1 is 0.941 bits per heavy atom. The largest absolute Gasteiger partial charge is 0.326 e. The van der Waals surface area contributed by atoms with Gasteiger partial charge in [-0.2, -0.15) is 0 Å². The number of hydrogen-bond donors (Lipinski definition) is 1. The van der Waals surface area contributed by atoms with Gasteiger partial charge in [0, 0.05) is 6.54 Å². The highest BCUT2D eigenvalue weighted by molar-refractivity contribution is 5.69. The molecule has 0 bridgehead atoms. The Bertz CT molecular complexity index is 509. The van der Waals surface area contributed by atoms with Crippen LogP contribution in [0.3, 0.4) is 0 Å². The van der Waals surface area contributed by atoms with Crippen molar-refractivity contribution in [2.24, 2.45) is 5.73 Å². The van der Waals surface area contributed by atoms with Gasteiger partial charge in [0.05, 0.1) is 0 Å². The van der Waals surface area contributed by atoms with E-state index in [1.165, 1.54) is 16.7 Å². The summed E-state index contributed by atoms with van der Waals surface area (Å²) in [5, 5.41) is 0. The molecule has 2 rings (SSSR count). The fourth-order valence-electron chi connectivity index (χ4n) is 1.69. The van der Waals surface area contributed by atoms with Gasteiger partial charge in [-0.05, 0) is 23.6 Å². The normalized spacial score (nSPS) is 10.9. The summed E-state index contributed by atoms with van der Waals surface area (Å²) in [4.78, 5) is 0. The van der Waals surface area contributed by atoms with Gasteiger partial charge in [-0.15, -0.1) is 0 Å².